The highest BCUT2D eigenvalue weighted by Gasteiger charge is 2.17. The van der Waals surface area contributed by atoms with Crippen molar-refractivity contribution in [2.75, 3.05) is 5.32 Å². The Bertz CT molecular complexity index is 825. The van der Waals surface area contributed by atoms with E-state index in [1.807, 2.05) is 48.9 Å². The number of halogens is 1. The van der Waals surface area contributed by atoms with Crippen LogP contribution in [0.5, 0.6) is 0 Å². The van der Waals surface area contributed by atoms with Gasteiger partial charge in [0.2, 0.25) is 0 Å². The molecule has 22 heavy (non-hydrogen) atoms. The number of carbonyl (C=O) groups is 1. The number of benzene rings is 1. The molecule has 2 aromatic heterocycles. The standard InChI is InChI=1S/C16H13ClN2OS2/c1-9-3-4-13(12(17)7-9)19-15(20)14-10(2)18-16(22-14)11-5-6-21-8-11/h3-8H,1-2H3,(H,19,20). The number of anilines is 1. The summed E-state index contributed by atoms with van der Waals surface area (Å²) in [4.78, 5) is 17.6. The molecule has 2 heterocycles. The maximum absolute atomic E-state index is 12.5. The van der Waals surface area contributed by atoms with Crippen molar-refractivity contribution < 1.29 is 4.79 Å². The highest BCUT2D eigenvalue weighted by atomic mass is 35.5. The average Bonchev–Trinajstić information content (AvgIpc) is 3.10. The second-order valence-electron chi connectivity index (χ2n) is 4.88. The third-order valence-corrected chi connectivity index (χ3v) is 5.34. The van der Waals surface area contributed by atoms with Crippen LogP contribution in [0.3, 0.4) is 0 Å². The van der Waals surface area contributed by atoms with Gasteiger partial charge in [-0.2, -0.15) is 11.3 Å². The molecule has 0 bridgehead atoms. The van der Waals surface area contributed by atoms with Gasteiger partial charge in [-0.1, -0.05) is 17.7 Å². The zero-order chi connectivity index (χ0) is 15.7. The monoisotopic (exact) mass is 348 g/mol. The zero-order valence-corrected chi connectivity index (χ0v) is 14.4. The third-order valence-electron chi connectivity index (χ3n) is 3.14. The second kappa shape index (κ2) is 6.20. The number of nitrogens with one attached hydrogen (secondary N) is 1. The van der Waals surface area contributed by atoms with Crippen LogP contribution in [0, 0.1) is 13.8 Å². The van der Waals surface area contributed by atoms with Crippen LogP contribution in [-0.2, 0) is 0 Å². The number of rotatable bonds is 3. The maximum atomic E-state index is 12.5. The van der Waals surface area contributed by atoms with E-state index in [0.29, 0.717) is 15.6 Å². The number of aryl methyl sites for hydroxylation is 2. The summed E-state index contributed by atoms with van der Waals surface area (Å²) in [5.41, 5.74) is 3.44. The highest BCUT2D eigenvalue weighted by Crippen LogP contribution is 2.30. The van der Waals surface area contributed by atoms with Crippen LogP contribution in [0.1, 0.15) is 20.9 Å². The van der Waals surface area contributed by atoms with Crippen LogP contribution >= 0.6 is 34.3 Å². The number of hydrogen-bond acceptors (Lipinski definition) is 4. The molecule has 3 nitrogen and oxygen atoms in total. The molecule has 0 saturated carbocycles. The Labute approximate surface area is 141 Å². The molecule has 0 unspecified atom stereocenters. The topological polar surface area (TPSA) is 42.0 Å². The molecule has 6 heteroatoms. The van der Waals surface area contributed by atoms with Gasteiger partial charge in [-0.3, -0.25) is 4.79 Å². The SMILES string of the molecule is Cc1ccc(NC(=O)c2sc(-c3ccsc3)nc2C)c(Cl)c1. The van der Waals surface area contributed by atoms with Crippen molar-refractivity contribution in [3.63, 3.8) is 0 Å². The summed E-state index contributed by atoms with van der Waals surface area (Å²) in [7, 11) is 0. The van der Waals surface area contributed by atoms with E-state index < -0.39 is 0 Å². The summed E-state index contributed by atoms with van der Waals surface area (Å²) in [6.45, 7) is 3.80. The van der Waals surface area contributed by atoms with E-state index in [1.54, 1.807) is 11.3 Å². The lowest BCUT2D eigenvalue weighted by molar-refractivity contribution is 0.103. The highest BCUT2D eigenvalue weighted by molar-refractivity contribution is 7.17. The second-order valence-corrected chi connectivity index (χ2v) is 7.07. The van der Waals surface area contributed by atoms with Crippen LogP contribution in [0.4, 0.5) is 5.69 Å². The smallest absolute Gasteiger partial charge is 0.267 e. The van der Waals surface area contributed by atoms with Crippen LogP contribution in [0.15, 0.2) is 35.0 Å². The number of hydrogen-bond donors (Lipinski definition) is 1. The Morgan fingerprint density at radius 3 is 2.77 bits per heavy atom. The molecule has 112 valence electrons. The first-order chi connectivity index (χ1) is 10.5. The van der Waals surface area contributed by atoms with E-state index in [1.165, 1.54) is 11.3 Å². The minimum Gasteiger partial charge on any atom is -0.320 e. The number of thiazole rings is 1. The predicted molar refractivity (Wildman–Crippen MR) is 94.3 cm³/mol. The summed E-state index contributed by atoms with van der Waals surface area (Å²) >= 11 is 9.17. The molecular formula is C16H13ClN2OS2. The molecule has 0 saturated heterocycles. The number of nitrogens with zero attached hydrogens (tertiary/aromatic N) is 1. The fourth-order valence-corrected chi connectivity index (χ4v) is 3.97. The quantitative estimate of drug-likeness (QED) is 0.689. The molecular weight excluding hydrogens is 336 g/mol. The third kappa shape index (κ3) is 3.06. The lowest BCUT2D eigenvalue weighted by Gasteiger charge is -2.06. The van der Waals surface area contributed by atoms with E-state index >= 15 is 0 Å². The van der Waals surface area contributed by atoms with Gasteiger partial charge >= 0.3 is 0 Å². The Hall–Kier alpha value is -1.69. The summed E-state index contributed by atoms with van der Waals surface area (Å²) < 4.78 is 0. The molecule has 0 aliphatic heterocycles. The van der Waals surface area contributed by atoms with Crippen LogP contribution in [0.2, 0.25) is 5.02 Å². The van der Waals surface area contributed by atoms with Crippen molar-refractivity contribution >= 4 is 45.9 Å². The van der Waals surface area contributed by atoms with Gasteiger partial charge in [0.25, 0.3) is 5.91 Å². The van der Waals surface area contributed by atoms with E-state index in [9.17, 15) is 4.79 Å². The lowest BCUT2D eigenvalue weighted by atomic mass is 10.2. The van der Waals surface area contributed by atoms with E-state index in [2.05, 4.69) is 10.3 Å². The largest absolute Gasteiger partial charge is 0.320 e. The first kappa shape index (κ1) is 15.2. The first-order valence-corrected chi connectivity index (χ1v) is 8.76. The predicted octanol–water partition coefficient (Wildman–Crippen LogP) is 5.39. The average molecular weight is 349 g/mol. The van der Waals surface area contributed by atoms with Gasteiger partial charge in [-0.05, 0) is 43.0 Å². The summed E-state index contributed by atoms with van der Waals surface area (Å²) in [6.07, 6.45) is 0. The fourth-order valence-electron chi connectivity index (χ4n) is 2.02. The van der Waals surface area contributed by atoms with Crippen LogP contribution in [0.25, 0.3) is 10.6 Å². The van der Waals surface area contributed by atoms with Gasteiger partial charge < -0.3 is 5.32 Å². The Kier molecular flexibility index (Phi) is 4.29. The van der Waals surface area contributed by atoms with Crippen molar-refractivity contribution in [1.29, 1.82) is 0 Å². The zero-order valence-electron chi connectivity index (χ0n) is 12.0. The molecule has 0 atom stereocenters. The Morgan fingerprint density at radius 1 is 1.27 bits per heavy atom. The Balaban J connectivity index is 1.86. The Morgan fingerprint density at radius 2 is 2.09 bits per heavy atom. The maximum Gasteiger partial charge on any atom is 0.267 e. The molecule has 0 spiro atoms. The van der Waals surface area contributed by atoms with Crippen molar-refractivity contribution in [2.24, 2.45) is 0 Å². The molecule has 1 N–H and O–H groups in total. The van der Waals surface area contributed by atoms with Gasteiger partial charge in [0, 0.05) is 10.9 Å². The minimum absolute atomic E-state index is 0.178. The summed E-state index contributed by atoms with van der Waals surface area (Å²) in [6, 6.07) is 7.55. The van der Waals surface area contributed by atoms with E-state index in [4.69, 9.17) is 11.6 Å². The molecule has 0 aliphatic rings. The first-order valence-electron chi connectivity index (χ1n) is 6.62. The number of carbonyl (C=O) groups excluding carboxylic acids is 1. The molecule has 1 aromatic carbocycles. The molecule has 0 radical (unpaired) electrons. The van der Waals surface area contributed by atoms with Crippen LogP contribution < -0.4 is 5.32 Å². The normalized spacial score (nSPS) is 10.7. The number of thiophene rings is 1. The van der Waals surface area contributed by atoms with Crippen molar-refractivity contribution in [3.05, 3.63) is 56.2 Å². The molecule has 0 aliphatic carbocycles. The van der Waals surface area contributed by atoms with Crippen molar-refractivity contribution in [2.45, 2.75) is 13.8 Å². The molecule has 0 fully saturated rings. The fraction of sp³-hybridized carbons (Fsp3) is 0.125. The van der Waals surface area contributed by atoms with Gasteiger partial charge in [0.05, 0.1) is 16.4 Å². The van der Waals surface area contributed by atoms with Gasteiger partial charge in [0.1, 0.15) is 9.88 Å². The van der Waals surface area contributed by atoms with Crippen molar-refractivity contribution in [3.8, 4) is 10.6 Å². The lowest BCUT2D eigenvalue weighted by Crippen LogP contribution is -2.11. The number of amides is 1. The molecule has 1 amide bonds. The van der Waals surface area contributed by atoms with Crippen molar-refractivity contribution in [1.82, 2.24) is 4.98 Å². The van der Waals surface area contributed by atoms with Gasteiger partial charge in [-0.25, -0.2) is 4.98 Å². The molecule has 3 rings (SSSR count). The minimum atomic E-state index is -0.178. The van der Waals surface area contributed by atoms with E-state index in [-0.39, 0.29) is 5.91 Å². The van der Waals surface area contributed by atoms with Crippen LogP contribution in [-0.4, -0.2) is 10.9 Å². The summed E-state index contributed by atoms with van der Waals surface area (Å²) in [5, 5.41) is 8.27. The van der Waals surface area contributed by atoms with Gasteiger partial charge in [-0.15, -0.1) is 11.3 Å². The molecule has 3 aromatic rings. The van der Waals surface area contributed by atoms with E-state index in [0.717, 1.165) is 21.8 Å². The van der Waals surface area contributed by atoms with Gasteiger partial charge in [0.15, 0.2) is 0 Å². The number of aromatic nitrogens is 1. The summed E-state index contributed by atoms with van der Waals surface area (Å²) in [5.74, 6) is -0.178.